The van der Waals surface area contributed by atoms with Crippen LogP contribution in [0.15, 0.2) is 23.9 Å². The zero-order valence-corrected chi connectivity index (χ0v) is 6.33. The van der Waals surface area contributed by atoms with Gasteiger partial charge in [0.1, 0.15) is 0 Å². The molecule has 5 heteroatoms. The first kappa shape index (κ1) is 8.83. The Labute approximate surface area is 67.5 Å². The molecule has 0 N–H and O–H groups in total. The second-order valence-corrected chi connectivity index (χ2v) is 2.73. The summed E-state index contributed by atoms with van der Waals surface area (Å²) in [6.45, 7) is 1.03. The molecule has 0 aromatic carbocycles. The van der Waals surface area contributed by atoms with Gasteiger partial charge in [-0.25, -0.2) is 8.78 Å². The van der Waals surface area contributed by atoms with Crippen LogP contribution in [0, 0.1) is 10.1 Å². The van der Waals surface area contributed by atoms with Gasteiger partial charge in [0.2, 0.25) is 0 Å². The smallest absolute Gasteiger partial charge is 0.258 e. The van der Waals surface area contributed by atoms with E-state index < -0.39 is 22.5 Å². The second kappa shape index (κ2) is 2.66. The third-order valence-corrected chi connectivity index (χ3v) is 1.65. The maximum absolute atomic E-state index is 13.0. The van der Waals surface area contributed by atoms with E-state index in [1.54, 1.807) is 0 Å². The van der Waals surface area contributed by atoms with Crippen molar-refractivity contribution in [2.45, 2.75) is 18.8 Å². The highest BCUT2D eigenvalue weighted by molar-refractivity contribution is 5.26. The normalized spacial score (nSPS) is 34.6. The van der Waals surface area contributed by atoms with Gasteiger partial charge in [0, 0.05) is 12.2 Å². The number of hydrogen-bond donors (Lipinski definition) is 0. The zero-order valence-electron chi connectivity index (χ0n) is 6.33. The van der Waals surface area contributed by atoms with Gasteiger partial charge in [-0.1, -0.05) is 0 Å². The minimum Gasteiger partial charge on any atom is -0.258 e. The maximum Gasteiger partial charge on any atom is 0.268 e. The molecule has 0 aromatic rings. The van der Waals surface area contributed by atoms with E-state index >= 15 is 0 Å². The summed E-state index contributed by atoms with van der Waals surface area (Å²) in [5, 5.41) is 10.1. The number of nitrogens with zero attached hydrogens (tertiary/aromatic N) is 1. The minimum atomic E-state index is -2.13. The van der Waals surface area contributed by atoms with E-state index in [9.17, 15) is 18.9 Å². The predicted octanol–water partition coefficient (Wildman–Crippen LogP) is 1.78. The Morgan fingerprint density at radius 2 is 2.33 bits per heavy atom. The molecule has 2 unspecified atom stereocenters. The molecule has 1 aliphatic carbocycles. The van der Waals surface area contributed by atoms with Crippen LogP contribution in [0.2, 0.25) is 0 Å². The number of halogens is 2. The lowest BCUT2D eigenvalue weighted by Gasteiger charge is -2.20. The van der Waals surface area contributed by atoms with Crippen molar-refractivity contribution in [2.75, 3.05) is 0 Å². The lowest BCUT2D eigenvalue weighted by Crippen LogP contribution is -2.30. The summed E-state index contributed by atoms with van der Waals surface area (Å²) in [5.41, 5.74) is -2.53. The summed E-state index contributed by atoms with van der Waals surface area (Å²) < 4.78 is 25.7. The van der Waals surface area contributed by atoms with Crippen molar-refractivity contribution in [1.29, 1.82) is 0 Å². The molecular formula is C7H7F2NO2. The largest absolute Gasteiger partial charge is 0.268 e. The van der Waals surface area contributed by atoms with E-state index in [0.717, 1.165) is 19.1 Å². The molecule has 1 rings (SSSR count). The molecule has 2 atom stereocenters. The average Bonchev–Trinajstić information content (AvgIpc) is 1.94. The Balaban J connectivity index is 2.91. The standard InChI is InChI=1S/C7H7F2NO2/c1-7(9)3-2-5(10(11)12)4-6(7)8/h2-4,6H,1H3. The van der Waals surface area contributed by atoms with Gasteiger partial charge in [0.25, 0.3) is 5.70 Å². The zero-order chi connectivity index (χ0) is 9.35. The predicted molar refractivity (Wildman–Crippen MR) is 38.6 cm³/mol. The first-order valence-electron chi connectivity index (χ1n) is 3.32. The summed E-state index contributed by atoms with van der Waals surface area (Å²) in [7, 11) is 0. The summed E-state index contributed by atoms with van der Waals surface area (Å²) in [6, 6.07) is 0. The third-order valence-electron chi connectivity index (χ3n) is 1.65. The van der Waals surface area contributed by atoms with E-state index in [2.05, 4.69) is 0 Å². The van der Waals surface area contributed by atoms with Crippen molar-refractivity contribution < 1.29 is 13.7 Å². The Hall–Kier alpha value is -1.26. The third kappa shape index (κ3) is 1.49. The molecule has 0 saturated carbocycles. The molecule has 0 aliphatic heterocycles. The number of nitro groups is 1. The Bertz CT molecular complexity index is 271. The van der Waals surface area contributed by atoms with Crippen LogP contribution >= 0.6 is 0 Å². The van der Waals surface area contributed by atoms with Crippen LogP contribution in [0.5, 0.6) is 0 Å². The van der Waals surface area contributed by atoms with Gasteiger partial charge >= 0.3 is 0 Å². The van der Waals surface area contributed by atoms with Gasteiger partial charge in [-0.2, -0.15) is 0 Å². The fourth-order valence-electron chi connectivity index (χ4n) is 0.830. The van der Waals surface area contributed by atoms with Crippen LogP contribution in [0.1, 0.15) is 6.92 Å². The van der Waals surface area contributed by atoms with Gasteiger partial charge in [-0.3, -0.25) is 10.1 Å². The lowest BCUT2D eigenvalue weighted by molar-refractivity contribution is -0.420. The summed E-state index contributed by atoms with van der Waals surface area (Å²) in [6.07, 6.45) is 0.550. The molecule has 3 nitrogen and oxygen atoms in total. The number of rotatable bonds is 1. The fraction of sp³-hybridized carbons (Fsp3) is 0.429. The maximum atomic E-state index is 13.0. The first-order chi connectivity index (χ1) is 5.43. The summed E-state index contributed by atoms with van der Waals surface area (Å²) >= 11 is 0. The van der Waals surface area contributed by atoms with Gasteiger partial charge in [0.05, 0.1) is 4.92 Å². The van der Waals surface area contributed by atoms with Crippen LogP contribution in [0.25, 0.3) is 0 Å². The highest BCUT2D eigenvalue weighted by Crippen LogP contribution is 2.27. The monoisotopic (exact) mass is 175 g/mol. The number of hydrogen-bond acceptors (Lipinski definition) is 2. The molecule has 0 amide bonds. The second-order valence-electron chi connectivity index (χ2n) is 2.73. The van der Waals surface area contributed by atoms with Crippen LogP contribution in [-0.4, -0.2) is 16.8 Å². The van der Waals surface area contributed by atoms with Crippen molar-refractivity contribution >= 4 is 0 Å². The van der Waals surface area contributed by atoms with Crippen molar-refractivity contribution in [3.8, 4) is 0 Å². The molecule has 1 aliphatic rings. The van der Waals surface area contributed by atoms with Crippen molar-refractivity contribution in [3.63, 3.8) is 0 Å². The number of alkyl halides is 2. The first-order valence-corrected chi connectivity index (χ1v) is 3.32. The van der Waals surface area contributed by atoms with Crippen LogP contribution < -0.4 is 0 Å². The van der Waals surface area contributed by atoms with Crippen molar-refractivity contribution in [3.05, 3.63) is 34.0 Å². The van der Waals surface area contributed by atoms with E-state index in [4.69, 9.17) is 0 Å². The van der Waals surface area contributed by atoms with E-state index in [0.29, 0.717) is 6.08 Å². The van der Waals surface area contributed by atoms with Crippen LogP contribution in [0.3, 0.4) is 0 Å². The molecule has 66 valence electrons. The Morgan fingerprint density at radius 1 is 1.75 bits per heavy atom. The van der Waals surface area contributed by atoms with Crippen molar-refractivity contribution in [2.24, 2.45) is 0 Å². The molecule has 0 spiro atoms. The number of allylic oxidation sites excluding steroid dienone is 3. The topological polar surface area (TPSA) is 43.1 Å². The van der Waals surface area contributed by atoms with Gasteiger partial charge in [0.15, 0.2) is 11.8 Å². The van der Waals surface area contributed by atoms with Gasteiger partial charge in [-0.15, -0.1) is 0 Å². The molecule has 0 saturated heterocycles. The van der Waals surface area contributed by atoms with Gasteiger partial charge < -0.3 is 0 Å². The Kier molecular flexibility index (Phi) is 1.95. The minimum absolute atomic E-state index is 0.405. The molecule has 0 radical (unpaired) electrons. The fourth-order valence-corrected chi connectivity index (χ4v) is 0.830. The molecule has 12 heavy (non-hydrogen) atoms. The van der Waals surface area contributed by atoms with Crippen molar-refractivity contribution in [1.82, 2.24) is 0 Å². The average molecular weight is 175 g/mol. The van der Waals surface area contributed by atoms with E-state index in [-0.39, 0.29) is 0 Å². The van der Waals surface area contributed by atoms with Crippen LogP contribution in [0.4, 0.5) is 8.78 Å². The Morgan fingerprint density at radius 3 is 2.75 bits per heavy atom. The highest BCUT2D eigenvalue weighted by atomic mass is 19.2. The van der Waals surface area contributed by atoms with E-state index in [1.165, 1.54) is 0 Å². The molecule has 0 aromatic heterocycles. The SMILES string of the molecule is CC1(F)C=CC([N+](=O)[O-])=CC1F. The molecule has 0 fully saturated rings. The molecular weight excluding hydrogens is 168 g/mol. The summed E-state index contributed by atoms with van der Waals surface area (Å²) in [5.74, 6) is 0. The highest BCUT2D eigenvalue weighted by Gasteiger charge is 2.35. The quantitative estimate of drug-likeness (QED) is 0.450. The van der Waals surface area contributed by atoms with Crippen LogP contribution in [-0.2, 0) is 0 Å². The summed E-state index contributed by atoms with van der Waals surface area (Å²) in [4.78, 5) is 9.36. The van der Waals surface area contributed by atoms with E-state index in [1.807, 2.05) is 0 Å². The lowest BCUT2D eigenvalue weighted by atomic mass is 9.96. The molecule has 0 bridgehead atoms. The molecule has 0 heterocycles. The van der Waals surface area contributed by atoms with Gasteiger partial charge in [-0.05, 0) is 13.0 Å².